The highest BCUT2D eigenvalue weighted by atomic mass is 16.3. The van der Waals surface area contributed by atoms with Crippen LogP contribution in [0.15, 0.2) is 36.9 Å². The van der Waals surface area contributed by atoms with Crippen molar-refractivity contribution in [3.8, 4) is 5.69 Å². The van der Waals surface area contributed by atoms with Gasteiger partial charge in [0.1, 0.15) is 5.60 Å². The summed E-state index contributed by atoms with van der Waals surface area (Å²) in [5, 5.41) is 18.3. The molecule has 0 spiro atoms. The first kappa shape index (κ1) is 24.1. The number of rotatable bonds is 7. The van der Waals surface area contributed by atoms with E-state index in [1.54, 1.807) is 24.7 Å². The van der Waals surface area contributed by atoms with Crippen LogP contribution in [0.5, 0.6) is 0 Å². The lowest BCUT2D eigenvalue weighted by atomic mass is 10.1. The number of nitrogens with zero attached hydrogens (tertiary/aromatic N) is 8. The fourth-order valence-corrected chi connectivity index (χ4v) is 4.37. The van der Waals surface area contributed by atoms with E-state index in [0.29, 0.717) is 24.0 Å². The lowest BCUT2D eigenvalue weighted by molar-refractivity contribution is 0.0734. The van der Waals surface area contributed by atoms with E-state index in [0.717, 1.165) is 48.5 Å². The van der Waals surface area contributed by atoms with E-state index in [1.807, 2.05) is 30.7 Å². The van der Waals surface area contributed by atoms with E-state index >= 15 is 0 Å². The molecule has 11 heteroatoms. The van der Waals surface area contributed by atoms with Crippen molar-refractivity contribution in [2.75, 3.05) is 23.3 Å². The SMILES string of the molecule is CC(C)n1cnc2c(NCc3ncccc3-n3ccc(C(C)(C)O)n3)nc(N3CCC(N)CC3)nc21. The Balaban J connectivity index is 1.47. The molecule has 190 valence electrons. The molecule has 4 aromatic heterocycles. The molecule has 5 rings (SSSR count). The van der Waals surface area contributed by atoms with Crippen molar-refractivity contribution in [3.63, 3.8) is 0 Å². The summed E-state index contributed by atoms with van der Waals surface area (Å²) in [6.45, 7) is 9.73. The number of nitrogens with two attached hydrogens (primary N) is 1. The van der Waals surface area contributed by atoms with Crippen LogP contribution in [0.3, 0.4) is 0 Å². The highest BCUT2D eigenvalue weighted by molar-refractivity contribution is 5.84. The molecule has 36 heavy (non-hydrogen) atoms. The Morgan fingerprint density at radius 1 is 1.17 bits per heavy atom. The third-order valence-corrected chi connectivity index (χ3v) is 6.54. The van der Waals surface area contributed by atoms with Gasteiger partial charge < -0.3 is 25.6 Å². The van der Waals surface area contributed by atoms with Gasteiger partial charge in [-0.2, -0.15) is 15.1 Å². The molecule has 5 heterocycles. The second kappa shape index (κ2) is 9.47. The van der Waals surface area contributed by atoms with Crippen LogP contribution in [0.25, 0.3) is 16.9 Å². The van der Waals surface area contributed by atoms with E-state index in [4.69, 9.17) is 15.7 Å². The largest absolute Gasteiger partial charge is 0.384 e. The maximum atomic E-state index is 10.3. The summed E-state index contributed by atoms with van der Waals surface area (Å²) in [7, 11) is 0. The van der Waals surface area contributed by atoms with E-state index in [-0.39, 0.29) is 12.1 Å². The van der Waals surface area contributed by atoms with Gasteiger partial charge >= 0.3 is 0 Å². The van der Waals surface area contributed by atoms with Crippen molar-refractivity contribution in [2.45, 2.75) is 64.8 Å². The summed E-state index contributed by atoms with van der Waals surface area (Å²) in [5.41, 5.74) is 8.83. The van der Waals surface area contributed by atoms with Crippen LogP contribution in [0.1, 0.15) is 58.0 Å². The molecule has 1 aliphatic rings. The van der Waals surface area contributed by atoms with Gasteiger partial charge in [0, 0.05) is 37.6 Å². The summed E-state index contributed by atoms with van der Waals surface area (Å²) >= 11 is 0. The second-order valence-corrected chi connectivity index (χ2v) is 10.1. The summed E-state index contributed by atoms with van der Waals surface area (Å²) in [6.07, 6.45) is 7.24. The molecule has 0 bridgehead atoms. The molecule has 0 unspecified atom stereocenters. The van der Waals surface area contributed by atoms with Gasteiger partial charge in [-0.05, 0) is 58.7 Å². The number of nitrogens with one attached hydrogen (secondary N) is 1. The number of aliphatic hydroxyl groups is 1. The predicted molar refractivity (Wildman–Crippen MR) is 139 cm³/mol. The fraction of sp³-hybridized carbons (Fsp3) is 0.480. The van der Waals surface area contributed by atoms with Crippen molar-refractivity contribution >= 4 is 22.9 Å². The molecule has 1 fully saturated rings. The summed E-state index contributed by atoms with van der Waals surface area (Å²) in [4.78, 5) is 21.2. The molecule has 4 aromatic rings. The number of anilines is 2. The average Bonchev–Trinajstić information content (AvgIpc) is 3.51. The van der Waals surface area contributed by atoms with Gasteiger partial charge in [0.05, 0.1) is 29.9 Å². The van der Waals surface area contributed by atoms with Crippen LogP contribution in [-0.4, -0.2) is 58.5 Å². The van der Waals surface area contributed by atoms with Gasteiger partial charge in [-0.15, -0.1) is 0 Å². The number of piperidine rings is 1. The van der Waals surface area contributed by atoms with Crippen molar-refractivity contribution in [1.29, 1.82) is 0 Å². The van der Waals surface area contributed by atoms with Crippen LogP contribution >= 0.6 is 0 Å². The first-order chi connectivity index (χ1) is 17.2. The molecule has 4 N–H and O–H groups in total. The lowest BCUT2D eigenvalue weighted by Crippen LogP contribution is -2.40. The fourth-order valence-electron chi connectivity index (χ4n) is 4.37. The standard InChI is InChI=1S/C25H34N10O/c1-16(2)34-15-29-21-22(30-24(31-23(21)34)33-11-7-17(26)8-12-33)28-14-18-19(6-5-10-27-18)35-13-9-20(32-35)25(3,4)36/h5-6,9-10,13,15-17,36H,7-8,11-12,14,26H2,1-4H3,(H,28,30,31). The monoisotopic (exact) mass is 490 g/mol. The number of hydrogen-bond acceptors (Lipinski definition) is 9. The highest BCUT2D eigenvalue weighted by Crippen LogP contribution is 2.27. The van der Waals surface area contributed by atoms with Gasteiger partial charge in [-0.1, -0.05) is 0 Å². The topological polar surface area (TPSA) is 136 Å². The van der Waals surface area contributed by atoms with Gasteiger partial charge in [0.25, 0.3) is 0 Å². The quantitative estimate of drug-likeness (QED) is 0.357. The van der Waals surface area contributed by atoms with Gasteiger partial charge in [0.2, 0.25) is 5.95 Å². The molecule has 0 saturated carbocycles. The Morgan fingerprint density at radius 3 is 2.64 bits per heavy atom. The molecule has 0 aromatic carbocycles. The zero-order valence-corrected chi connectivity index (χ0v) is 21.3. The average molecular weight is 491 g/mol. The highest BCUT2D eigenvalue weighted by Gasteiger charge is 2.23. The Hall–Kier alpha value is -3.57. The molecule has 1 aliphatic heterocycles. The third kappa shape index (κ3) is 4.76. The number of imidazole rings is 1. The van der Waals surface area contributed by atoms with Crippen LogP contribution < -0.4 is 16.0 Å². The van der Waals surface area contributed by atoms with Gasteiger partial charge in [-0.25, -0.2) is 9.67 Å². The lowest BCUT2D eigenvalue weighted by Gasteiger charge is -2.30. The zero-order chi connectivity index (χ0) is 25.4. The Bertz CT molecular complexity index is 1340. The minimum Gasteiger partial charge on any atom is -0.384 e. The van der Waals surface area contributed by atoms with Crippen LogP contribution in [0.4, 0.5) is 11.8 Å². The van der Waals surface area contributed by atoms with Crippen LogP contribution in [-0.2, 0) is 12.1 Å². The smallest absolute Gasteiger partial charge is 0.229 e. The minimum atomic E-state index is -1.03. The molecular formula is C25H34N10O. The van der Waals surface area contributed by atoms with E-state index < -0.39 is 5.60 Å². The van der Waals surface area contributed by atoms with Crippen molar-refractivity contribution in [2.24, 2.45) is 5.73 Å². The van der Waals surface area contributed by atoms with E-state index in [1.165, 1.54) is 0 Å². The molecule has 0 atom stereocenters. The maximum Gasteiger partial charge on any atom is 0.229 e. The zero-order valence-electron chi connectivity index (χ0n) is 21.3. The maximum absolute atomic E-state index is 10.3. The van der Waals surface area contributed by atoms with Crippen molar-refractivity contribution in [1.82, 2.24) is 34.3 Å². The molecule has 0 aliphatic carbocycles. The van der Waals surface area contributed by atoms with Gasteiger partial charge in [0.15, 0.2) is 17.0 Å². The molecule has 0 radical (unpaired) electrons. The molecule has 11 nitrogen and oxygen atoms in total. The summed E-state index contributed by atoms with van der Waals surface area (Å²) in [6, 6.07) is 6.08. The summed E-state index contributed by atoms with van der Waals surface area (Å²) < 4.78 is 3.80. The Morgan fingerprint density at radius 2 is 1.94 bits per heavy atom. The molecular weight excluding hydrogens is 456 g/mol. The number of aromatic nitrogens is 7. The number of hydrogen-bond donors (Lipinski definition) is 3. The third-order valence-electron chi connectivity index (χ3n) is 6.54. The van der Waals surface area contributed by atoms with Crippen LogP contribution in [0, 0.1) is 0 Å². The van der Waals surface area contributed by atoms with E-state index in [9.17, 15) is 5.11 Å². The Labute approximate surface area is 210 Å². The van der Waals surface area contributed by atoms with Crippen molar-refractivity contribution in [3.05, 3.63) is 48.3 Å². The number of fused-ring (bicyclic) bond motifs is 1. The first-order valence-electron chi connectivity index (χ1n) is 12.4. The van der Waals surface area contributed by atoms with Crippen LogP contribution in [0.2, 0.25) is 0 Å². The number of pyridine rings is 1. The predicted octanol–water partition coefficient (Wildman–Crippen LogP) is 2.75. The summed E-state index contributed by atoms with van der Waals surface area (Å²) in [5.74, 6) is 1.35. The minimum absolute atomic E-state index is 0.215. The Kier molecular flexibility index (Phi) is 6.35. The van der Waals surface area contributed by atoms with E-state index in [2.05, 4.69) is 43.7 Å². The molecule has 1 saturated heterocycles. The van der Waals surface area contributed by atoms with Gasteiger partial charge in [-0.3, -0.25) is 4.98 Å². The second-order valence-electron chi connectivity index (χ2n) is 10.1. The normalized spacial score (nSPS) is 15.2. The molecule has 0 amide bonds. The first-order valence-corrected chi connectivity index (χ1v) is 12.4. The van der Waals surface area contributed by atoms with Crippen molar-refractivity contribution < 1.29 is 5.11 Å².